The van der Waals surface area contributed by atoms with Gasteiger partial charge in [0.05, 0.1) is 15.1 Å². The van der Waals surface area contributed by atoms with Crippen molar-refractivity contribution < 1.29 is 4.42 Å². The van der Waals surface area contributed by atoms with Crippen molar-refractivity contribution >= 4 is 46.3 Å². The van der Waals surface area contributed by atoms with Crippen LogP contribution >= 0.6 is 46.3 Å². The molecule has 0 aliphatic rings. The van der Waals surface area contributed by atoms with Crippen LogP contribution in [-0.4, -0.2) is 10.2 Å². The lowest BCUT2D eigenvalue weighted by molar-refractivity contribution is 0.510. The van der Waals surface area contributed by atoms with Crippen LogP contribution in [0.25, 0.3) is 10.8 Å². The van der Waals surface area contributed by atoms with E-state index in [1.54, 1.807) is 23.5 Å². The van der Waals surface area contributed by atoms with Gasteiger partial charge in [-0.1, -0.05) is 29.3 Å². The molecule has 2 aromatic heterocycles. The maximum atomic E-state index is 6.17. The van der Waals surface area contributed by atoms with E-state index in [2.05, 4.69) is 10.2 Å². The van der Waals surface area contributed by atoms with Crippen molar-refractivity contribution in [2.24, 2.45) is 0 Å². The van der Waals surface area contributed by atoms with Crippen LogP contribution in [0.15, 0.2) is 45.0 Å². The summed E-state index contributed by atoms with van der Waals surface area (Å²) < 4.78 is 5.72. The Labute approximate surface area is 140 Å². The zero-order valence-corrected chi connectivity index (χ0v) is 14.1. The van der Waals surface area contributed by atoms with E-state index in [9.17, 15) is 0 Å². The van der Waals surface area contributed by atoms with E-state index >= 15 is 0 Å². The highest BCUT2D eigenvalue weighted by molar-refractivity contribution is 7.99. The van der Waals surface area contributed by atoms with Gasteiger partial charge in [0, 0.05) is 9.92 Å². The maximum Gasteiger partial charge on any atom is 0.257 e. The fraction of sp³-hybridized carbons (Fsp3) is 0.143. The molecule has 1 aromatic carbocycles. The second-order valence-corrected chi connectivity index (χ2v) is 7.43. The second-order valence-electron chi connectivity index (χ2n) is 4.26. The standard InChI is InChI=1S/C14H10Cl2N2OS2/c1-8(21-12-7-9(15)4-5-10(12)16)13-17-18-14(19-13)11-3-2-6-20-11/h2-8H,1H3/t8-/m1/s1. The second kappa shape index (κ2) is 6.40. The van der Waals surface area contributed by atoms with Crippen LogP contribution in [0.2, 0.25) is 10.0 Å². The lowest BCUT2D eigenvalue weighted by atomic mass is 10.4. The van der Waals surface area contributed by atoms with Crippen molar-refractivity contribution in [3.63, 3.8) is 0 Å². The van der Waals surface area contributed by atoms with Crippen molar-refractivity contribution in [3.05, 3.63) is 51.6 Å². The summed E-state index contributed by atoms with van der Waals surface area (Å²) in [5.41, 5.74) is 0. The Morgan fingerprint density at radius 3 is 2.86 bits per heavy atom. The monoisotopic (exact) mass is 356 g/mol. The zero-order chi connectivity index (χ0) is 14.8. The third-order valence-electron chi connectivity index (χ3n) is 2.72. The first-order valence-electron chi connectivity index (χ1n) is 6.12. The van der Waals surface area contributed by atoms with E-state index in [1.807, 2.05) is 30.5 Å². The molecular weight excluding hydrogens is 347 g/mol. The van der Waals surface area contributed by atoms with E-state index in [-0.39, 0.29) is 5.25 Å². The highest BCUT2D eigenvalue weighted by atomic mass is 35.5. The summed E-state index contributed by atoms with van der Waals surface area (Å²) in [6, 6.07) is 9.28. The summed E-state index contributed by atoms with van der Waals surface area (Å²) >= 11 is 15.3. The number of halogens is 2. The van der Waals surface area contributed by atoms with E-state index in [4.69, 9.17) is 27.6 Å². The molecule has 0 N–H and O–H groups in total. The van der Waals surface area contributed by atoms with Crippen LogP contribution < -0.4 is 0 Å². The molecule has 2 heterocycles. The molecule has 3 nitrogen and oxygen atoms in total. The first kappa shape index (κ1) is 14.9. The molecule has 0 saturated heterocycles. The predicted octanol–water partition coefficient (Wildman–Crippen LogP) is 5.96. The summed E-state index contributed by atoms with van der Waals surface area (Å²) in [6.07, 6.45) is 0. The Bertz CT molecular complexity index is 743. The predicted molar refractivity (Wildman–Crippen MR) is 88.3 cm³/mol. The molecule has 0 radical (unpaired) electrons. The summed E-state index contributed by atoms with van der Waals surface area (Å²) in [5.74, 6) is 1.11. The molecule has 0 bridgehead atoms. The molecule has 7 heteroatoms. The van der Waals surface area contributed by atoms with Crippen LogP contribution in [0.4, 0.5) is 0 Å². The average molecular weight is 357 g/mol. The third kappa shape index (κ3) is 3.43. The Balaban J connectivity index is 1.79. The van der Waals surface area contributed by atoms with Gasteiger partial charge in [-0.05, 0) is 36.6 Å². The quantitative estimate of drug-likeness (QED) is 0.540. The number of benzene rings is 1. The molecule has 0 fully saturated rings. The molecule has 0 aliphatic heterocycles. The Kier molecular flexibility index (Phi) is 4.54. The highest BCUT2D eigenvalue weighted by Gasteiger charge is 2.18. The average Bonchev–Trinajstić information content (AvgIpc) is 3.12. The third-order valence-corrected chi connectivity index (χ3v) is 5.40. The summed E-state index contributed by atoms with van der Waals surface area (Å²) in [6.45, 7) is 1.99. The number of thioether (sulfide) groups is 1. The van der Waals surface area contributed by atoms with Crippen LogP contribution in [0, 0.1) is 0 Å². The molecule has 108 valence electrons. The number of aromatic nitrogens is 2. The van der Waals surface area contributed by atoms with Gasteiger partial charge in [-0.15, -0.1) is 33.3 Å². The largest absolute Gasteiger partial charge is 0.419 e. The number of thiophene rings is 1. The van der Waals surface area contributed by atoms with Crippen LogP contribution in [0.1, 0.15) is 18.1 Å². The van der Waals surface area contributed by atoms with Crippen molar-refractivity contribution in [1.29, 1.82) is 0 Å². The molecule has 0 saturated carbocycles. The van der Waals surface area contributed by atoms with Crippen molar-refractivity contribution in [3.8, 4) is 10.8 Å². The molecule has 0 unspecified atom stereocenters. The number of hydrogen-bond donors (Lipinski definition) is 0. The summed E-state index contributed by atoms with van der Waals surface area (Å²) in [5, 5.41) is 11.5. The zero-order valence-electron chi connectivity index (χ0n) is 10.9. The molecule has 0 aliphatic carbocycles. The normalized spacial score (nSPS) is 12.5. The Morgan fingerprint density at radius 1 is 1.24 bits per heavy atom. The number of hydrogen-bond acceptors (Lipinski definition) is 5. The van der Waals surface area contributed by atoms with Gasteiger partial charge >= 0.3 is 0 Å². The smallest absolute Gasteiger partial charge is 0.257 e. The molecule has 1 atom stereocenters. The number of nitrogens with zero attached hydrogens (tertiary/aromatic N) is 2. The van der Waals surface area contributed by atoms with Gasteiger partial charge in [-0.2, -0.15) is 0 Å². The van der Waals surface area contributed by atoms with Gasteiger partial charge in [-0.3, -0.25) is 0 Å². The minimum atomic E-state index is -0.0119. The van der Waals surface area contributed by atoms with Gasteiger partial charge < -0.3 is 4.42 Å². The van der Waals surface area contributed by atoms with Gasteiger partial charge in [0.25, 0.3) is 5.89 Å². The Hall–Kier alpha value is -1.01. The fourth-order valence-corrected chi connectivity index (χ4v) is 3.79. The SMILES string of the molecule is C[C@@H](Sc1cc(Cl)ccc1Cl)c1nnc(-c2cccs2)o1. The molecule has 3 aromatic rings. The molecule has 0 spiro atoms. The molecular formula is C14H10Cl2N2OS2. The van der Waals surface area contributed by atoms with Crippen LogP contribution in [-0.2, 0) is 0 Å². The van der Waals surface area contributed by atoms with Gasteiger partial charge in [0.15, 0.2) is 0 Å². The maximum absolute atomic E-state index is 6.17. The first-order chi connectivity index (χ1) is 10.1. The Morgan fingerprint density at radius 2 is 2.10 bits per heavy atom. The summed E-state index contributed by atoms with van der Waals surface area (Å²) in [7, 11) is 0. The van der Waals surface area contributed by atoms with Crippen molar-refractivity contribution in [2.45, 2.75) is 17.1 Å². The van der Waals surface area contributed by atoms with E-state index < -0.39 is 0 Å². The lowest BCUT2D eigenvalue weighted by Gasteiger charge is -2.08. The van der Waals surface area contributed by atoms with Crippen LogP contribution in [0.3, 0.4) is 0 Å². The minimum absolute atomic E-state index is 0.0119. The van der Waals surface area contributed by atoms with E-state index in [1.165, 1.54) is 11.8 Å². The first-order valence-corrected chi connectivity index (χ1v) is 8.64. The van der Waals surface area contributed by atoms with Gasteiger partial charge in [0.1, 0.15) is 0 Å². The van der Waals surface area contributed by atoms with E-state index in [0.29, 0.717) is 21.8 Å². The topological polar surface area (TPSA) is 38.9 Å². The van der Waals surface area contributed by atoms with E-state index in [0.717, 1.165) is 9.77 Å². The molecule has 0 amide bonds. The lowest BCUT2D eigenvalue weighted by Crippen LogP contribution is -1.89. The molecule has 3 rings (SSSR count). The van der Waals surface area contributed by atoms with Crippen LogP contribution in [0.5, 0.6) is 0 Å². The van der Waals surface area contributed by atoms with Gasteiger partial charge in [0.2, 0.25) is 5.89 Å². The minimum Gasteiger partial charge on any atom is -0.419 e. The summed E-state index contributed by atoms with van der Waals surface area (Å²) in [4.78, 5) is 1.86. The number of rotatable bonds is 4. The fourth-order valence-electron chi connectivity index (χ4n) is 1.71. The van der Waals surface area contributed by atoms with Crippen molar-refractivity contribution in [2.75, 3.05) is 0 Å². The van der Waals surface area contributed by atoms with Gasteiger partial charge in [-0.25, -0.2) is 0 Å². The highest BCUT2D eigenvalue weighted by Crippen LogP contribution is 2.39. The molecule has 21 heavy (non-hydrogen) atoms. The van der Waals surface area contributed by atoms with Crippen molar-refractivity contribution in [1.82, 2.24) is 10.2 Å².